The molecule has 3 atom stereocenters. The van der Waals surface area contributed by atoms with Crippen molar-refractivity contribution in [2.24, 2.45) is 17.6 Å². The van der Waals surface area contributed by atoms with E-state index < -0.39 is 0 Å². The maximum Gasteiger partial charge on any atom is 0.166 e. The first-order valence-electron chi connectivity index (χ1n) is 9.94. The van der Waals surface area contributed by atoms with Crippen LogP contribution < -0.4 is 11.1 Å². The molecule has 1 aromatic carbocycles. The van der Waals surface area contributed by atoms with Gasteiger partial charge in [-0.25, -0.2) is 0 Å². The quantitative estimate of drug-likeness (QED) is 0.686. The minimum Gasteiger partial charge on any atom is -0.397 e. The highest BCUT2D eigenvalue weighted by atomic mass is 16.1. The Bertz CT molecular complexity index is 899. The summed E-state index contributed by atoms with van der Waals surface area (Å²) in [5.41, 5.74) is 10.8. The number of hydrogen-bond donors (Lipinski definition) is 3. The van der Waals surface area contributed by atoms with Crippen LogP contribution in [-0.4, -0.2) is 41.3 Å². The number of nitrogens with zero attached hydrogens (tertiary/aromatic N) is 1. The number of H-pyrrole nitrogens is 1. The van der Waals surface area contributed by atoms with Crippen LogP contribution in [-0.2, 0) is 0 Å². The topological polar surface area (TPSA) is 74.1 Å². The van der Waals surface area contributed by atoms with E-state index in [0.717, 1.165) is 47.3 Å². The van der Waals surface area contributed by atoms with Crippen molar-refractivity contribution < 1.29 is 4.79 Å². The van der Waals surface area contributed by atoms with Gasteiger partial charge in [0.2, 0.25) is 0 Å². The van der Waals surface area contributed by atoms with Crippen LogP contribution in [0.15, 0.2) is 24.4 Å². The average Bonchev–Trinajstić information content (AvgIpc) is 3.03. The number of benzene rings is 1. The van der Waals surface area contributed by atoms with E-state index >= 15 is 0 Å². The monoisotopic (exact) mass is 366 g/mol. The van der Waals surface area contributed by atoms with Crippen LogP contribution in [0.2, 0.25) is 0 Å². The van der Waals surface area contributed by atoms with Crippen LogP contribution in [0, 0.1) is 18.8 Å². The van der Waals surface area contributed by atoms with Gasteiger partial charge in [-0.15, -0.1) is 0 Å². The molecule has 4 N–H and O–H groups in total. The number of aryl methyl sites for hydroxylation is 1. The van der Waals surface area contributed by atoms with Gasteiger partial charge in [-0.2, -0.15) is 0 Å². The Hall–Kier alpha value is -2.27. The van der Waals surface area contributed by atoms with Crippen molar-refractivity contribution in [2.45, 2.75) is 39.2 Å². The maximum atomic E-state index is 11.5. The van der Waals surface area contributed by atoms with Crippen LogP contribution in [0.3, 0.4) is 0 Å². The molecule has 0 bridgehead atoms. The zero-order valence-electron chi connectivity index (χ0n) is 16.5. The first kappa shape index (κ1) is 18.1. The second kappa shape index (κ2) is 6.71. The summed E-state index contributed by atoms with van der Waals surface area (Å²) in [5, 5.41) is 4.40. The number of carbonyl (C=O) groups excluding carboxylic acids is 1. The Kier molecular flexibility index (Phi) is 4.50. The van der Waals surface area contributed by atoms with E-state index in [0.29, 0.717) is 22.8 Å². The lowest BCUT2D eigenvalue weighted by Gasteiger charge is -2.25. The first-order valence-corrected chi connectivity index (χ1v) is 9.94. The van der Waals surface area contributed by atoms with Gasteiger partial charge in [0.25, 0.3) is 0 Å². The molecule has 1 aliphatic carbocycles. The predicted octanol–water partition coefficient (Wildman–Crippen LogP) is 3.26. The molecule has 2 aromatic rings. The molecule has 1 saturated carbocycles. The highest BCUT2D eigenvalue weighted by molar-refractivity contribution is 6.00. The Morgan fingerprint density at radius 1 is 1.48 bits per heavy atom. The van der Waals surface area contributed by atoms with Gasteiger partial charge in [0.1, 0.15) is 0 Å². The lowest BCUT2D eigenvalue weighted by molar-refractivity contribution is 0.111. The van der Waals surface area contributed by atoms with Crippen molar-refractivity contribution in [1.29, 1.82) is 0 Å². The van der Waals surface area contributed by atoms with Crippen molar-refractivity contribution in [1.82, 2.24) is 15.2 Å². The smallest absolute Gasteiger partial charge is 0.166 e. The number of aldehydes is 1. The van der Waals surface area contributed by atoms with Gasteiger partial charge < -0.3 is 16.0 Å². The summed E-state index contributed by atoms with van der Waals surface area (Å²) in [6.07, 6.45) is 5.27. The molecule has 27 heavy (non-hydrogen) atoms. The summed E-state index contributed by atoms with van der Waals surface area (Å²) >= 11 is 0. The third-order valence-electron chi connectivity index (χ3n) is 6.68. The normalized spacial score (nSPS) is 28.6. The predicted molar refractivity (Wildman–Crippen MR) is 110 cm³/mol. The van der Waals surface area contributed by atoms with Gasteiger partial charge in [0.05, 0.1) is 11.4 Å². The minimum atomic E-state index is 0.435. The van der Waals surface area contributed by atoms with E-state index in [9.17, 15) is 4.79 Å². The first-order chi connectivity index (χ1) is 12.9. The fraction of sp³-hybridized carbons (Fsp3) is 0.500. The van der Waals surface area contributed by atoms with E-state index in [2.05, 4.69) is 35.1 Å². The van der Waals surface area contributed by atoms with Crippen LogP contribution in [0.5, 0.6) is 0 Å². The number of fused-ring (bicyclic) bond motifs is 1. The van der Waals surface area contributed by atoms with Crippen molar-refractivity contribution in [3.05, 3.63) is 41.2 Å². The Balaban J connectivity index is 1.44. The van der Waals surface area contributed by atoms with E-state index in [1.165, 1.54) is 19.4 Å². The standard InChI is InChI=1S/C22H30N4O/c1-14-4-5-19-17(8-14)21(20(13-27)25-19)18(23)11-24-10-16-6-7-26(12-16)22(3)9-15(22)2/h4-5,8,11,13,15-16,24-25H,6-7,9-10,12,23H2,1-3H3/b18-11-. The fourth-order valence-electron chi connectivity index (χ4n) is 4.60. The van der Waals surface area contributed by atoms with E-state index in [4.69, 9.17) is 5.73 Å². The number of carbonyl (C=O) groups is 1. The molecule has 144 valence electrons. The highest BCUT2D eigenvalue weighted by Gasteiger charge is 2.52. The van der Waals surface area contributed by atoms with E-state index in [-0.39, 0.29) is 0 Å². The molecule has 5 heteroatoms. The van der Waals surface area contributed by atoms with Crippen molar-refractivity contribution in [2.75, 3.05) is 19.6 Å². The largest absolute Gasteiger partial charge is 0.397 e. The van der Waals surface area contributed by atoms with Gasteiger partial charge in [-0.05, 0) is 57.2 Å². The molecule has 1 aliphatic heterocycles. The fourth-order valence-corrected chi connectivity index (χ4v) is 4.60. The van der Waals surface area contributed by atoms with Gasteiger partial charge >= 0.3 is 0 Å². The lowest BCUT2D eigenvalue weighted by atomic mass is 10.1. The van der Waals surface area contributed by atoms with Crippen LogP contribution in [0.25, 0.3) is 16.6 Å². The third-order valence-corrected chi connectivity index (χ3v) is 6.68. The molecule has 4 rings (SSSR count). The molecule has 0 radical (unpaired) electrons. The second-order valence-corrected chi connectivity index (χ2v) is 8.65. The third kappa shape index (κ3) is 3.25. The summed E-state index contributed by atoms with van der Waals surface area (Å²) in [5.74, 6) is 1.47. The highest BCUT2D eigenvalue weighted by Crippen LogP contribution is 2.49. The number of aromatic nitrogens is 1. The molecule has 0 amide bonds. The Morgan fingerprint density at radius 2 is 2.26 bits per heavy atom. The molecular weight excluding hydrogens is 336 g/mol. The molecule has 1 saturated heterocycles. The Labute approximate surface area is 161 Å². The van der Waals surface area contributed by atoms with Crippen molar-refractivity contribution in [3.8, 4) is 0 Å². The summed E-state index contributed by atoms with van der Waals surface area (Å²) in [7, 11) is 0. The Morgan fingerprint density at radius 3 is 2.96 bits per heavy atom. The number of nitrogens with one attached hydrogen (secondary N) is 2. The summed E-state index contributed by atoms with van der Waals surface area (Å²) in [6.45, 7) is 10.1. The summed E-state index contributed by atoms with van der Waals surface area (Å²) in [4.78, 5) is 17.3. The zero-order chi connectivity index (χ0) is 19.2. The minimum absolute atomic E-state index is 0.435. The second-order valence-electron chi connectivity index (χ2n) is 8.65. The lowest BCUT2D eigenvalue weighted by Crippen LogP contribution is -2.35. The molecule has 0 spiro atoms. The van der Waals surface area contributed by atoms with E-state index in [1.54, 1.807) is 0 Å². The molecule has 2 heterocycles. The molecule has 5 nitrogen and oxygen atoms in total. The van der Waals surface area contributed by atoms with E-state index in [1.807, 2.05) is 25.3 Å². The molecule has 1 aromatic heterocycles. The maximum absolute atomic E-state index is 11.5. The van der Waals surface area contributed by atoms with Gasteiger partial charge in [0.15, 0.2) is 6.29 Å². The number of rotatable bonds is 6. The number of hydrogen-bond acceptors (Lipinski definition) is 4. The van der Waals surface area contributed by atoms with Crippen LogP contribution >= 0.6 is 0 Å². The van der Waals surface area contributed by atoms with Crippen LogP contribution in [0.4, 0.5) is 0 Å². The van der Waals surface area contributed by atoms with Crippen molar-refractivity contribution in [3.63, 3.8) is 0 Å². The molecule has 2 fully saturated rings. The summed E-state index contributed by atoms with van der Waals surface area (Å²) in [6, 6.07) is 6.10. The molecule has 3 unspecified atom stereocenters. The number of nitrogens with two attached hydrogens (primary N) is 1. The number of likely N-dealkylation sites (tertiary alicyclic amines) is 1. The van der Waals surface area contributed by atoms with Gasteiger partial charge in [-0.3, -0.25) is 9.69 Å². The van der Waals surface area contributed by atoms with Gasteiger partial charge in [0, 0.05) is 41.3 Å². The summed E-state index contributed by atoms with van der Waals surface area (Å²) < 4.78 is 0. The van der Waals surface area contributed by atoms with Gasteiger partial charge in [-0.1, -0.05) is 18.6 Å². The zero-order valence-corrected chi connectivity index (χ0v) is 16.5. The molecular formula is C22H30N4O. The number of aromatic amines is 1. The van der Waals surface area contributed by atoms with Crippen LogP contribution in [0.1, 0.15) is 48.3 Å². The average molecular weight is 367 g/mol. The van der Waals surface area contributed by atoms with Crippen molar-refractivity contribution >= 4 is 22.9 Å². The SMILES string of the molecule is Cc1ccc2[nH]c(C=O)c(/C(N)=C/NCC3CCN(C4(C)CC4C)C3)c2c1. The molecule has 2 aliphatic rings.